The summed E-state index contributed by atoms with van der Waals surface area (Å²) < 4.78 is 0.859. The molecule has 0 fully saturated rings. The SMILES string of the molecule is CNc1ccc(C(=O)Nc2cc(Br)ccc2Cl)cc1. The van der Waals surface area contributed by atoms with Crippen molar-refractivity contribution in [3.05, 3.63) is 57.5 Å². The Kier molecular flexibility index (Phi) is 4.45. The highest BCUT2D eigenvalue weighted by atomic mass is 79.9. The van der Waals surface area contributed by atoms with Crippen molar-refractivity contribution < 1.29 is 4.79 Å². The molecule has 0 saturated carbocycles. The molecule has 0 bridgehead atoms. The predicted octanol–water partition coefficient (Wildman–Crippen LogP) is 4.40. The lowest BCUT2D eigenvalue weighted by Crippen LogP contribution is -2.12. The van der Waals surface area contributed by atoms with E-state index in [2.05, 4.69) is 26.6 Å². The fraction of sp³-hybridized carbons (Fsp3) is 0.0714. The summed E-state index contributed by atoms with van der Waals surface area (Å²) >= 11 is 9.37. The minimum absolute atomic E-state index is 0.192. The minimum atomic E-state index is -0.192. The fourth-order valence-electron chi connectivity index (χ4n) is 1.58. The van der Waals surface area contributed by atoms with Crippen LogP contribution in [0.3, 0.4) is 0 Å². The zero-order valence-corrected chi connectivity index (χ0v) is 12.5. The average molecular weight is 340 g/mol. The zero-order valence-electron chi connectivity index (χ0n) is 10.2. The molecule has 0 atom stereocenters. The van der Waals surface area contributed by atoms with Crippen LogP contribution in [0.25, 0.3) is 0 Å². The summed E-state index contributed by atoms with van der Waals surface area (Å²) in [5.74, 6) is -0.192. The predicted molar refractivity (Wildman–Crippen MR) is 83.1 cm³/mol. The molecule has 0 aliphatic heterocycles. The van der Waals surface area contributed by atoms with E-state index < -0.39 is 0 Å². The summed E-state index contributed by atoms with van der Waals surface area (Å²) in [5.41, 5.74) is 2.12. The molecule has 2 rings (SSSR count). The van der Waals surface area contributed by atoms with E-state index in [1.807, 2.05) is 25.2 Å². The Bertz CT molecular complexity index is 599. The molecule has 3 nitrogen and oxygen atoms in total. The number of carbonyl (C=O) groups excluding carboxylic acids is 1. The topological polar surface area (TPSA) is 41.1 Å². The highest BCUT2D eigenvalue weighted by Gasteiger charge is 2.08. The second kappa shape index (κ2) is 6.08. The molecule has 1 amide bonds. The summed E-state index contributed by atoms with van der Waals surface area (Å²) in [7, 11) is 1.83. The zero-order chi connectivity index (χ0) is 13.8. The van der Waals surface area contributed by atoms with Crippen molar-refractivity contribution in [1.29, 1.82) is 0 Å². The highest BCUT2D eigenvalue weighted by molar-refractivity contribution is 9.10. The number of rotatable bonds is 3. The van der Waals surface area contributed by atoms with E-state index in [1.54, 1.807) is 24.3 Å². The normalized spacial score (nSPS) is 10.1. The van der Waals surface area contributed by atoms with Gasteiger partial charge in [0, 0.05) is 22.8 Å². The van der Waals surface area contributed by atoms with Gasteiger partial charge in [0.2, 0.25) is 0 Å². The number of carbonyl (C=O) groups is 1. The van der Waals surface area contributed by atoms with E-state index in [1.165, 1.54) is 0 Å². The van der Waals surface area contributed by atoms with Gasteiger partial charge in [-0.2, -0.15) is 0 Å². The number of benzene rings is 2. The summed E-state index contributed by atoms with van der Waals surface area (Å²) in [6, 6.07) is 12.5. The van der Waals surface area contributed by atoms with Crippen molar-refractivity contribution in [1.82, 2.24) is 0 Å². The summed E-state index contributed by atoms with van der Waals surface area (Å²) in [6.07, 6.45) is 0. The molecule has 2 aromatic rings. The van der Waals surface area contributed by atoms with Gasteiger partial charge < -0.3 is 10.6 Å². The van der Waals surface area contributed by atoms with Crippen LogP contribution in [-0.4, -0.2) is 13.0 Å². The van der Waals surface area contributed by atoms with Gasteiger partial charge in [0.1, 0.15) is 0 Å². The molecule has 0 radical (unpaired) electrons. The van der Waals surface area contributed by atoms with E-state index in [-0.39, 0.29) is 5.91 Å². The molecule has 0 aliphatic rings. The molecule has 98 valence electrons. The summed E-state index contributed by atoms with van der Waals surface area (Å²) in [4.78, 5) is 12.1. The number of anilines is 2. The van der Waals surface area contributed by atoms with Crippen LogP contribution in [0.4, 0.5) is 11.4 Å². The third-order valence-electron chi connectivity index (χ3n) is 2.61. The molecular weight excluding hydrogens is 328 g/mol. The van der Waals surface area contributed by atoms with E-state index >= 15 is 0 Å². The van der Waals surface area contributed by atoms with E-state index in [9.17, 15) is 4.79 Å². The third-order valence-corrected chi connectivity index (χ3v) is 3.44. The minimum Gasteiger partial charge on any atom is -0.388 e. The van der Waals surface area contributed by atoms with Crippen molar-refractivity contribution in [2.24, 2.45) is 0 Å². The Morgan fingerprint density at radius 1 is 1.16 bits per heavy atom. The van der Waals surface area contributed by atoms with Gasteiger partial charge in [-0.05, 0) is 42.5 Å². The van der Waals surface area contributed by atoms with Gasteiger partial charge in [-0.3, -0.25) is 4.79 Å². The van der Waals surface area contributed by atoms with Gasteiger partial charge >= 0.3 is 0 Å². The van der Waals surface area contributed by atoms with Crippen LogP contribution < -0.4 is 10.6 Å². The number of hydrogen-bond donors (Lipinski definition) is 2. The smallest absolute Gasteiger partial charge is 0.255 e. The van der Waals surface area contributed by atoms with Gasteiger partial charge in [0.25, 0.3) is 5.91 Å². The number of nitrogens with one attached hydrogen (secondary N) is 2. The van der Waals surface area contributed by atoms with Crippen molar-refractivity contribution in [3.8, 4) is 0 Å². The van der Waals surface area contributed by atoms with Crippen LogP contribution in [0.1, 0.15) is 10.4 Å². The van der Waals surface area contributed by atoms with E-state index in [0.717, 1.165) is 10.2 Å². The van der Waals surface area contributed by atoms with Crippen LogP contribution in [-0.2, 0) is 0 Å². The first-order valence-corrected chi connectivity index (χ1v) is 6.81. The van der Waals surface area contributed by atoms with Crippen molar-refractivity contribution in [3.63, 3.8) is 0 Å². The van der Waals surface area contributed by atoms with Crippen molar-refractivity contribution in [2.75, 3.05) is 17.7 Å². The third kappa shape index (κ3) is 3.49. The highest BCUT2D eigenvalue weighted by Crippen LogP contribution is 2.26. The van der Waals surface area contributed by atoms with Crippen LogP contribution in [0, 0.1) is 0 Å². The Morgan fingerprint density at radius 3 is 2.47 bits per heavy atom. The monoisotopic (exact) mass is 338 g/mol. The van der Waals surface area contributed by atoms with E-state index in [0.29, 0.717) is 16.3 Å². The first-order valence-electron chi connectivity index (χ1n) is 5.64. The lowest BCUT2D eigenvalue weighted by atomic mass is 10.2. The molecular formula is C14H12BrClN2O. The molecule has 2 N–H and O–H groups in total. The number of hydrogen-bond acceptors (Lipinski definition) is 2. The molecule has 5 heteroatoms. The van der Waals surface area contributed by atoms with Gasteiger partial charge in [-0.1, -0.05) is 27.5 Å². The second-order valence-electron chi connectivity index (χ2n) is 3.91. The second-order valence-corrected chi connectivity index (χ2v) is 5.23. The van der Waals surface area contributed by atoms with E-state index in [4.69, 9.17) is 11.6 Å². The quantitative estimate of drug-likeness (QED) is 0.870. The van der Waals surface area contributed by atoms with Crippen molar-refractivity contribution in [2.45, 2.75) is 0 Å². The van der Waals surface area contributed by atoms with Crippen LogP contribution >= 0.6 is 27.5 Å². The first kappa shape index (κ1) is 13.9. The average Bonchev–Trinajstić information content (AvgIpc) is 2.43. The molecule has 19 heavy (non-hydrogen) atoms. The molecule has 0 aliphatic carbocycles. The van der Waals surface area contributed by atoms with Gasteiger partial charge in [-0.15, -0.1) is 0 Å². The Labute approximate surface area is 125 Å². The molecule has 0 aromatic heterocycles. The molecule has 0 spiro atoms. The maximum absolute atomic E-state index is 12.1. The van der Waals surface area contributed by atoms with Gasteiger partial charge in [0.05, 0.1) is 10.7 Å². The van der Waals surface area contributed by atoms with Crippen LogP contribution in [0.5, 0.6) is 0 Å². The lowest BCUT2D eigenvalue weighted by Gasteiger charge is -2.08. The van der Waals surface area contributed by atoms with Gasteiger partial charge in [0.15, 0.2) is 0 Å². The number of halogens is 2. The van der Waals surface area contributed by atoms with Crippen LogP contribution in [0.15, 0.2) is 46.9 Å². The Morgan fingerprint density at radius 2 is 1.84 bits per heavy atom. The fourth-order valence-corrected chi connectivity index (χ4v) is 2.10. The maximum atomic E-state index is 12.1. The molecule has 0 unspecified atom stereocenters. The Hall–Kier alpha value is -1.52. The van der Waals surface area contributed by atoms with Gasteiger partial charge in [-0.25, -0.2) is 0 Å². The maximum Gasteiger partial charge on any atom is 0.255 e. The standard InChI is InChI=1S/C14H12BrClN2O/c1-17-11-5-2-9(3-6-11)14(19)18-13-8-10(15)4-7-12(13)16/h2-8,17H,1H3,(H,18,19). The number of amides is 1. The molecule has 0 saturated heterocycles. The van der Waals surface area contributed by atoms with Crippen molar-refractivity contribution >= 4 is 44.8 Å². The molecule has 0 heterocycles. The molecule has 2 aromatic carbocycles. The summed E-state index contributed by atoms with van der Waals surface area (Å²) in [5, 5.41) is 6.29. The summed E-state index contributed by atoms with van der Waals surface area (Å²) in [6.45, 7) is 0. The first-order chi connectivity index (χ1) is 9.10. The lowest BCUT2D eigenvalue weighted by molar-refractivity contribution is 0.102. The van der Waals surface area contributed by atoms with Crippen LogP contribution in [0.2, 0.25) is 5.02 Å². The largest absolute Gasteiger partial charge is 0.388 e. The Balaban J connectivity index is 2.18.